The zero-order chi connectivity index (χ0) is 16.8. The summed E-state index contributed by atoms with van der Waals surface area (Å²) in [6.45, 7) is 7.07. The lowest BCUT2D eigenvalue weighted by atomic mass is 10.1. The van der Waals surface area contributed by atoms with Crippen LogP contribution in [-0.2, 0) is 14.3 Å². The van der Waals surface area contributed by atoms with Crippen LogP contribution in [0.15, 0.2) is 18.2 Å². The van der Waals surface area contributed by atoms with Gasteiger partial charge in [-0.2, -0.15) is 0 Å². The highest BCUT2D eigenvalue weighted by atomic mass is 16.5. The average Bonchev–Trinajstić information content (AvgIpc) is 2.51. The van der Waals surface area contributed by atoms with E-state index in [9.17, 15) is 9.59 Å². The van der Waals surface area contributed by atoms with Crippen LogP contribution in [0, 0.1) is 13.8 Å². The number of ether oxygens (including phenoxy) is 1. The van der Waals surface area contributed by atoms with Gasteiger partial charge in [-0.3, -0.25) is 9.59 Å². The van der Waals surface area contributed by atoms with Crippen LogP contribution in [0.2, 0.25) is 0 Å². The van der Waals surface area contributed by atoms with E-state index in [0.29, 0.717) is 19.5 Å². The normalized spacial score (nSPS) is 18.1. The summed E-state index contributed by atoms with van der Waals surface area (Å²) in [6, 6.07) is 6.10. The summed E-state index contributed by atoms with van der Waals surface area (Å²) >= 11 is 0. The largest absolute Gasteiger partial charge is 0.365 e. The van der Waals surface area contributed by atoms with Gasteiger partial charge in [0.2, 0.25) is 5.91 Å². The minimum absolute atomic E-state index is 0.0384. The zero-order valence-corrected chi connectivity index (χ0v) is 14.2. The molecule has 0 aliphatic carbocycles. The van der Waals surface area contributed by atoms with Crippen LogP contribution in [0.3, 0.4) is 0 Å². The predicted octanol–water partition coefficient (Wildman–Crippen LogP) is 2.34. The van der Waals surface area contributed by atoms with E-state index in [1.54, 1.807) is 4.90 Å². The molecule has 1 saturated heterocycles. The summed E-state index contributed by atoms with van der Waals surface area (Å²) in [5, 5.41) is 2.89. The van der Waals surface area contributed by atoms with Crippen molar-refractivity contribution >= 4 is 17.5 Å². The molecule has 1 aromatic carbocycles. The number of anilines is 1. The number of unbranched alkanes of at least 4 members (excludes halogenated alkanes) is 1. The lowest BCUT2D eigenvalue weighted by molar-refractivity contribution is -0.129. The van der Waals surface area contributed by atoms with Crippen LogP contribution in [0.5, 0.6) is 0 Å². The number of nitrogens with one attached hydrogen (secondary N) is 1. The Labute approximate surface area is 138 Å². The molecule has 0 aromatic heterocycles. The number of carbonyl (C=O) groups excluding carboxylic acids is 2. The first-order valence-electron chi connectivity index (χ1n) is 8.26. The van der Waals surface area contributed by atoms with Crippen molar-refractivity contribution in [2.45, 2.75) is 46.1 Å². The Bertz CT molecular complexity index is 551. The summed E-state index contributed by atoms with van der Waals surface area (Å²) in [5.41, 5.74) is 3.16. The first-order valence-corrected chi connectivity index (χ1v) is 8.26. The molecule has 1 fully saturated rings. The molecule has 5 nitrogen and oxygen atoms in total. The Hall–Kier alpha value is -1.88. The number of amides is 2. The summed E-state index contributed by atoms with van der Waals surface area (Å²) in [6.07, 6.45) is 2.27. The highest BCUT2D eigenvalue weighted by molar-refractivity contribution is 5.95. The Morgan fingerprint density at radius 2 is 2.00 bits per heavy atom. The molecule has 0 radical (unpaired) electrons. The Morgan fingerprint density at radius 3 is 2.65 bits per heavy atom. The lowest BCUT2D eigenvalue weighted by Gasteiger charge is -2.33. The number of morpholine rings is 1. The van der Waals surface area contributed by atoms with Crippen LogP contribution in [0.1, 0.15) is 37.3 Å². The Kier molecular flexibility index (Phi) is 6.16. The van der Waals surface area contributed by atoms with Gasteiger partial charge in [-0.1, -0.05) is 19.4 Å². The van der Waals surface area contributed by atoms with Crippen LogP contribution in [0.25, 0.3) is 0 Å². The van der Waals surface area contributed by atoms with E-state index in [0.717, 1.165) is 29.7 Å². The maximum Gasteiger partial charge on any atom is 0.253 e. The maximum atomic E-state index is 12.2. The standard InChI is InChI=1S/C18H26N2O3/c1-4-5-6-17(21)19-10-16-11-20(18(22)12-23-16)15-8-13(2)7-14(3)9-15/h7-9,16H,4-6,10-12H2,1-3H3,(H,19,21). The van der Waals surface area contributed by atoms with E-state index in [4.69, 9.17) is 4.74 Å². The molecule has 1 aromatic rings. The van der Waals surface area contributed by atoms with E-state index in [2.05, 4.69) is 18.3 Å². The molecule has 0 saturated carbocycles. The summed E-state index contributed by atoms with van der Waals surface area (Å²) in [5.74, 6) is 0.00820. The monoisotopic (exact) mass is 318 g/mol. The molecule has 0 bridgehead atoms. The smallest absolute Gasteiger partial charge is 0.253 e. The molecule has 2 amide bonds. The number of hydrogen-bond donors (Lipinski definition) is 1. The molecular formula is C18H26N2O3. The third-order valence-electron chi connectivity index (χ3n) is 3.93. The number of rotatable bonds is 6. The molecular weight excluding hydrogens is 292 g/mol. The van der Waals surface area contributed by atoms with Gasteiger partial charge in [0, 0.05) is 18.7 Å². The average molecular weight is 318 g/mol. The van der Waals surface area contributed by atoms with E-state index in [-0.39, 0.29) is 24.5 Å². The SMILES string of the molecule is CCCCC(=O)NCC1CN(c2cc(C)cc(C)c2)C(=O)CO1. The predicted molar refractivity (Wildman–Crippen MR) is 90.5 cm³/mol. The Balaban J connectivity index is 1.96. The first kappa shape index (κ1) is 17.5. The van der Waals surface area contributed by atoms with Gasteiger partial charge in [-0.25, -0.2) is 0 Å². The Morgan fingerprint density at radius 1 is 1.30 bits per heavy atom. The topological polar surface area (TPSA) is 58.6 Å². The van der Waals surface area contributed by atoms with Crippen molar-refractivity contribution in [3.05, 3.63) is 29.3 Å². The number of hydrogen-bond acceptors (Lipinski definition) is 3. The third kappa shape index (κ3) is 5.06. The van der Waals surface area contributed by atoms with Crippen molar-refractivity contribution in [2.24, 2.45) is 0 Å². The van der Waals surface area contributed by atoms with Gasteiger partial charge in [0.25, 0.3) is 5.91 Å². The van der Waals surface area contributed by atoms with E-state index in [1.165, 1.54) is 0 Å². The molecule has 1 atom stereocenters. The van der Waals surface area contributed by atoms with Crippen LogP contribution < -0.4 is 10.2 Å². The molecule has 2 rings (SSSR count). The van der Waals surface area contributed by atoms with Crippen molar-refractivity contribution in [2.75, 3.05) is 24.6 Å². The van der Waals surface area contributed by atoms with Gasteiger partial charge in [0.15, 0.2) is 0 Å². The van der Waals surface area contributed by atoms with E-state index >= 15 is 0 Å². The highest BCUT2D eigenvalue weighted by Crippen LogP contribution is 2.21. The van der Waals surface area contributed by atoms with Gasteiger partial charge in [0.05, 0.1) is 12.6 Å². The molecule has 5 heteroatoms. The minimum Gasteiger partial charge on any atom is -0.365 e. The second kappa shape index (κ2) is 8.11. The zero-order valence-electron chi connectivity index (χ0n) is 14.2. The number of carbonyl (C=O) groups is 2. The van der Waals surface area contributed by atoms with Crippen LogP contribution in [0.4, 0.5) is 5.69 Å². The molecule has 1 aliphatic rings. The van der Waals surface area contributed by atoms with Crippen molar-refractivity contribution in [3.8, 4) is 0 Å². The number of nitrogens with zero attached hydrogens (tertiary/aromatic N) is 1. The van der Waals surface area contributed by atoms with Gasteiger partial charge >= 0.3 is 0 Å². The minimum atomic E-state index is -0.168. The van der Waals surface area contributed by atoms with E-state index in [1.807, 2.05) is 26.0 Å². The third-order valence-corrected chi connectivity index (χ3v) is 3.93. The number of benzene rings is 1. The van der Waals surface area contributed by atoms with Crippen LogP contribution in [-0.4, -0.2) is 37.6 Å². The molecule has 0 spiro atoms. The van der Waals surface area contributed by atoms with E-state index < -0.39 is 0 Å². The summed E-state index contributed by atoms with van der Waals surface area (Å²) < 4.78 is 5.55. The van der Waals surface area contributed by atoms with Gasteiger partial charge in [-0.15, -0.1) is 0 Å². The van der Waals surface area contributed by atoms with Crippen molar-refractivity contribution in [1.29, 1.82) is 0 Å². The molecule has 1 N–H and O–H groups in total. The maximum absolute atomic E-state index is 12.2. The van der Waals surface area contributed by atoms with Gasteiger partial charge in [0.1, 0.15) is 6.61 Å². The van der Waals surface area contributed by atoms with Crippen molar-refractivity contribution in [1.82, 2.24) is 5.32 Å². The van der Waals surface area contributed by atoms with Gasteiger partial charge in [-0.05, 0) is 43.5 Å². The van der Waals surface area contributed by atoms with Crippen LogP contribution >= 0.6 is 0 Å². The van der Waals surface area contributed by atoms with Crippen molar-refractivity contribution in [3.63, 3.8) is 0 Å². The highest BCUT2D eigenvalue weighted by Gasteiger charge is 2.27. The molecule has 126 valence electrons. The second-order valence-electron chi connectivity index (χ2n) is 6.19. The fourth-order valence-corrected chi connectivity index (χ4v) is 2.76. The fourth-order valence-electron chi connectivity index (χ4n) is 2.76. The molecule has 23 heavy (non-hydrogen) atoms. The number of aryl methyl sites for hydroxylation is 2. The molecule has 1 unspecified atom stereocenters. The fraction of sp³-hybridized carbons (Fsp3) is 0.556. The van der Waals surface area contributed by atoms with Crippen molar-refractivity contribution < 1.29 is 14.3 Å². The summed E-state index contributed by atoms with van der Waals surface area (Å²) in [4.78, 5) is 25.6. The lowest BCUT2D eigenvalue weighted by Crippen LogP contribution is -2.50. The molecule has 1 heterocycles. The quantitative estimate of drug-likeness (QED) is 0.876. The first-order chi connectivity index (χ1) is 11.0. The van der Waals surface area contributed by atoms with Gasteiger partial charge < -0.3 is 15.0 Å². The summed E-state index contributed by atoms with van der Waals surface area (Å²) in [7, 11) is 0. The second-order valence-corrected chi connectivity index (χ2v) is 6.19. The molecule has 1 aliphatic heterocycles.